The first-order valence-corrected chi connectivity index (χ1v) is 12.1. The van der Waals surface area contributed by atoms with Crippen LogP contribution in [0.25, 0.3) is 0 Å². The highest BCUT2D eigenvalue weighted by molar-refractivity contribution is 5.88. The number of carbonyl (C=O) groups excluding carboxylic acids is 1. The predicted molar refractivity (Wildman–Crippen MR) is 125 cm³/mol. The smallest absolute Gasteiger partial charge is 0.332 e. The molecule has 0 N–H and O–H groups in total. The van der Waals surface area contributed by atoms with Crippen molar-refractivity contribution in [3.63, 3.8) is 0 Å². The molecule has 0 amide bonds. The molecule has 0 radical (unpaired) electrons. The molecule has 1 aromatic carbocycles. The minimum Gasteiger partial charge on any atom is -0.661 e. The lowest BCUT2D eigenvalue weighted by atomic mass is 10.0. The number of unbranched alkanes of at least 4 members (excludes halogenated alkanes) is 13. The molecular weight excluding hydrogens is 374 g/mol. The van der Waals surface area contributed by atoms with Crippen molar-refractivity contribution in [1.29, 1.82) is 0 Å². The average Bonchev–Trinajstić information content (AvgIpc) is 2.73. The fourth-order valence-corrected chi connectivity index (χ4v) is 3.40. The van der Waals surface area contributed by atoms with Crippen LogP contribution in [-0.2, 0) is 4.89 Å². The summed E-state index contributed by atoms with van der Waals surface area (Å²) in [6.45, 7) is 3.63. The van der Waals surface area contributed by atoms with Gasteiger partial charge in [-0.25, -0.2) is 4.79 Å². The summed E-state index contributed by atoms with van der Waals surface area (Å²) in [4.78, 5) is 13.7. The maximum Gasteiger partial charge on any atom is 0.332 e. The number of hydrogen-bond acceptors (Lipinski definition) is 3. The van der Waals surface area contributed by atoms with Crippen LogP contribution in [-0.4, -0.2) is 38.1 Å². The summed E-state index contributed by atoms with van der Waals surface area (Å²) in [5, 5.41) is 9.58. The molecule has 0 unspecified atom stereocenters. The molecule has 0 saturated carbocycles. The molecule has 174 valence electrons. The van der Waals surface area contributed by atoms with Gasteiger partial charge in [-0.1, -0.05) is 102 Å². The van der Waals surface area contributed by atoms with Gasteiger partial charge in [-0.3, -0.25) is 0 Å². The van der Waals surface area contributed by atoms with E-state index in [0.29, 0.717) is 0 Å². The third-order valence-corrected chi connectivity index (χ3v) is 5.27. The number of quaternary nitrogens is 1. The standard InChI is InChI=1S/C19H42N.C7H6O3/c1-5-6-7-8-9-10-11-12-13-14-15-16-17-18-19-20(2,3)4;8-7(10-9)6-4-2-1-3-5-6/h5-19H2,1-4H3;1-5,9H/q+1;/p-1. The van der Waals surface area contributed by atoms with E-state index in [2.05, 4.69) is 33.0 Å². The van der Waals surface area contributed by atoms with E-state index in [9.17, 15) is 10.1 Å². The minimum absolute atomic E-state index is 0.275. The molecule has 0 bridgehead atoms. The molecule has 4 heteroatoms. The number of nitrogens with zero attached hydrogens (tertiary/aromatic N) is 1. The Labute approximate surface area is 186 Å². The van der Waals surface area contributed by atoms with Gasteiger partial charge < -0.3 is 14.6 Å². The van der Waals surface area contributed by atoms with E-state index in [4.69, 9.17) is 0 Å². The molecule has 0 atom stereocenters. The summed E-state index contributed by atoms with van der Waals surface area (Å²) in [6, 6.07) is 8.10. The molecular formula is C26H47NO3. The van der Waals surface area contributed by atoms with Gasteiger partial charge in [-0.15, -0.1) is 0 Å². The molecule has 4 nitrogen and oxygen atoms in total. The predicted octanol–water partition coefficient (Wildman–Crippen LogP) is 6.29. The van der Waals surface area contributed by atoms with Crippen molar-refractivity contribution in [3.05, 3.63) is 35.9 Å². The van der Waals surface area contributed by atoms with Gasteiger partial charge in [0, 0.05) is 0 Å². The maximum absolute atomic E-state index is 10.5. The van der Waals surface area contributed by atoms with Crippen molar-refractivity contribution >= 4 is 5.97 Å². The lowest BCUT2D eigenvalue weighted by Crippen LogP contribution is -2.35. The van der Waals surface area contributed by atoms with Gasteiger partial charge in [-0.2, -0.15) is 0 Å². The molecule has 0 saturated heterocycles. The Morgan fingerprint density at radius 2 is 1.13 bits per heavy atom. The van der Waals surface area contributed by atoms with Gasteiger partial charge in [0.15, 0.2) is 0 Å². The Morgan fingerprint density at radius 1 is 0.733 bits per heavy atom. The average molecular weight is 422 g/mol. The van der Waals surface area contributed by atoms with Crippen molar-refractivity contribution < 1.29 is 19.4 Å². The van der Waals surface area contributed by atoms with Crippen LogP contribution in [0.15, 0.2) is 30.3 Å². The summed E-state index contributed by atoms with van der Waals surface area (Å²) < 4.78 is 1.12. The van der Waals surface area contributed by atoms with Gasteiger partial charge >= 0.3 is 5.97 Å². The highest BCUT2D eigenvalue weighted by atomic mass is 17.1. The van der Waals surface area contributed by atoms with Crippen molar-refractivity contribution in [2.75, 3.05) is 27.7 Å². The van der Waals surface area contributed by atoms with E-state index in [1.165, 1.54) is 109 Å². The first-order valence-electron chi connectivity index (χ1n) is 12.1. The number of hydrogen-bond donors (Lipinski definition) is 0. The first kappa shape index (κ1) is 28.6. The molecule has 0 aliphatic heterocycles. The van der Waals surface area contributed by atoms with Crippen LogP contribution in [0, 0.1) is 0 Å². The topological polar surface area (TPSA) is 49.4 Å². The Bertz CT molecular complexity index is 497. The van der Waals surface area contributed by atoms with Crippen LogP contribution in [0.4, 0.5) is 0 Å². The molecule has 0 aliphatic rings. The largest absolute Gasteiger partial charge is 0.661 e. The lowest BCUT2D eigenvalue weighted by molar-refractivity contribution is -0.870. The molecule has 0 heterocycles. The van der Waals surface area contributed by atoms with E-state index in [0.717, 1.165) is 4.48 Å². The maximum atomic E-state index is 10.5. The molecule has 0 fully saturated rings. The first-order chi connectivity index (χ1) is 14.4. The van der Waals surface area contributed by atoms with E-state index in [1.54, 1.807) is 18.2 Å². The Morgan fingerprint density at radius 3 is 1.50 bits per heavy atom. The SMILES string of the molecule is CCCCCCCCCCCCCCCC[N+](C)(C)C.O=C(O[O-])c1ccccc1. The molecule has 0 aliphatic carbocycles. The van der Waals surface area contributed by atoms with Crippen LogP contribution in [0.2, 0.25) is 0 Å². The zero-order chi connectivity index (χ0) is 22.5. The lowest BCUT2D eigenvalue weighted by Gasteiger charge is -2.23. The van der Waals surface area contributed by atoms with Crippen LogP contribution in [0.1, 0.15) is 107 Å². The van der Waals surface area contributed by atoms with Gasteiger partial charge in [0.05, 0.1) is 33.3 Å². The van der Waals surface area contributed by atoms with E-state index in [1.807, 2.05) is 0 Å². The van der Waals surface area contributed by atoms with Crippen LogP contribution < -0.4 is 5.26 Å². The molecule has 30 heavy (non-hydrogen) atoms. The summed E-state index contributed by atoms with van der Waals surface area (Å²) in [5.41, 5.74) is 0.275. The van der Waals surface area contributed by atoms with Crippen molar-refractivity contribution in [2.45, 2.75) is 96.8 Å². The fraction of sp³-hybridized carbons (Fsp3) is 0.731. The number of rotatable bonds is 16. The van der Waals surface area contributed by atoms with E-state index < -0.39 is 5.97 Å². The van der Waals surface area contributed by atoms with E-state index in [-0.39, 0.29) is 5.56 Å². The van der Waals surface area contributed by atoms with E-state index >= 15 is 0 Å². The van der Waals surface area contributed by atoms with Crippen LogP contribution in [0.3, 0.4) is 0 Å². The third kappa shape index (κ3) is 19.9. The third-order valence-electron chi connectivity index (χ3n) is 5.27. The summed E-state index contributed by atoms with van der Waals surface area (Å²) in [5.74, 6) is -0.847. The summed E-state index contributed by atoms with van der Waals surface area (Å²) in [7, 11) is 6.88. The van der Waals surface area contributed by atoms with Gasteiger partial charge in [0.2, 0.25) is 0 Å². The minimum atomic E-state index is -0.847. The molecule has 0 spiro atoms. The second-order valence-electron chi connectivity index (χ2n) is 9.35. The molecule has 0 aromatic heterocycles. The number of benzene rings is 1. The highest BCUT2D eigenvalue weighted by Crippen LogP contribution is 2.13. The zero-order valence-corrected chi connectivity index (χ0v) is 20.2. The molecule has 1 rings (SSSR count). The van der Waals surface area contributed by atoms with Crippen molar-refractivity contribution in [2.24, 2.45) is 0 Å². The normalized spacial score (nSPS) is 11.0. The Hall–Kier alpha value is -1.39. The second kappa shape index (κ2) is 19.6. The quantitative estimate of drug-likeness (QED) is 0.136. The summed E-state index contributed by atoms with van der Waals surface area (Å²) >= 11 is 0. The fourth-order valence-electron chi connectivity index (χ4n) is 3.40. The Balaban J connectivity index is 0.000000696. The van der Waals surface area contributed by atoms with Crippen LogP contribution in [0.5, 0.6) is 0 Å². The van der Waals surface area contributed by atoms with Gasteiger partial charge in [0.25, 0.3) is 0 Å². The molecule has 1 aromatic rings. The second-order valence-corrected chi connectivity index (χ2v) is 9.35. The van der Waals surface area contributed by atoms with Crippen molar-refractivity contribution in [3.8, 4) is 0 Å². The summed E-state index contributed by atoms with van der Waals surface area (Å²) in [6.07, 6.45) is 20.4. The van der Waals surface area contributed by atoms with Gasteiger partial charge in [0.1, 0.15) is 0 Å². The van der Waals surface area contributed by atoms with Crippen LogP contribution >= 0.6 is 0 Å². The highest BCUT2D eigenvalue weighted by Gasteiger charge is 2.05. The Kier molecular flexibility index (Phi) is 18.7. The zero-order valence-electron chi connectivity index (χ0n) is 20.2. The number of carbonyl (C=O) groups is 1. The monoisotopic (exact) mass is 421 g/mol. The van der Waals surface area contributed by atoms with Crippen molar-refractivity contribution in [1.82, 2.24) is 0 Å². The van der Waals surface area contributed by atoms with Gasteiger partial charge in [-0.05, 0) is 25.0 Å².